The fourth-order valence-corrected chi connectivity index (χ4v) is 1.99. The minimum atomic E-state index is -0.236. The summed E-state index contributed by atoms with van der Waals surface area (Å²) in [6.07, 6.45) is 0. The van der Waals surface area contributed by atoms with Crippen molar-refractivity contribution in [3.8, 4) is 0 Å². The van der Waals surface area contributed by atoms with Gasteiger partial charge in [-0.15, -0.1) is 5.10 Å². The van der Waals surface area contributed by atoms with Crippen molar-refractivity contribution in [2.75, 3.05) is 11.9 Å². The van der Waals surface area contributed by atoms with Crippen LogP contribution in [-0.2, 0) is 4.79 Å². The van der Waals surface area contributed by atoms with Crippen molar-refractivity contribution in [3.63, 3.8) is 0 Å². The van der Waals surface area contributed by atoms with Crippen LogP contribution in [0.15, 0.2) is 24.3 Å². The van der Waals surface area contributed by atoms with Crippen molar-refractivity contribution in [1.82, 2.24) is 15.5 Å². The molecule has 1 amide bonds. The Hall–Kier alpha value is -2.17. The Balaban J connectivity index is 2.15. The SMILES string of the molecule is Cc1nnc(NCC(=O)NC(C)(C)C)c2ccccc12. The first-order chi connectivity index (χ1) is 9.37. The van der Waals surface area contributed by atoms with Gasteiger partial charge in [0, 0.05) is 16.3 Å². The van der Waals surface area contributed by atoms with E-state index in [0.29, 0.717) is 5.82 Å². The summed E-state index contributed by atoms with van der Waals surface area (Å²) in [5.74, 6) is 0.569. The van der Waals surface area contributed by atoms with Crippen LogP contribution in [0.25, 0.3) is 10.8 Å². The Morgan fingerprint density at radius 3 is 2.45 bits per heavy atom. The van der Waals surface area contributed by atoms with Crippen LogP contribution in [-0.4, -0.2) is 28.2 Å². The maximum atomic E-state index is 11.8. The number of rotatable bonds is 3. The lowest BCUT2D eigenvalue weighted by Gasteiger charge is -2.20. The average molecular weight is 272 g/mol. The number of aromatic nitrogens is 2. The minimum Gasteiger partial charge on any atom is -0.359 e. The number of aryl methyl sites for hydroxylation is 1. The highest BCUT2D eigenvalue weighted by atomic mass is 16.2. The van der Waals surface area contributed by atoms with E-state index in [1.165, 1.54) is 0 Å². The first-order valence-electron chi connectivity index (χ1n) is 6.64. The molecule has 0 fully saturated rings. The lowest BCUT2D eigenvalue weighted by Crippen LogP contribution is -2.43. The molecule has 1 aromatic heterocycles. The van der Waals surface area contributed by atoms with Crippen LogP contribution in [0.2, 0.25) is 0 Å². The van der Waals surface area contributed by atoms with Gasteiger partial charge in [0.15, 0.2) is 5.82 Å². The molecule has 0 radical (unpaired) electrons. The maximum absolute atomic E-state index is 11.8. The van der Waals surface area contributed by atoms with E-state index in [1.54, 1.807) is 0 Å². The third kappa shape index (κ3) is 3.44. The summed E-state index contributed by atoms with van der Waals surface area (Å²) in [4.78, 5) is 11.8. The Morgan fingerprint density at radius 2 is 1.80 bits per heavy atom. The van der Waals surface area contributed by atoms with Gasteiger partial charge in [-0.2, -0.15) is 5.10 Å². The van der Waals surface area contributed by atoms with Crippen molar-refractivity contribution in [2.24, 2.45) is 0 Å². The monoisotopic (exact) mass is 272 g/mol. The number of hydrogen-bond acceptors (Lipinski definition) is 4. The van der Waals surface area contributed by atoms with Gasteiger partial charge >= 0.3 is 0 Å². The largest absolute Gasteiger partial charge is 0.359 e. The molecule has 0 atom stereocenters. The van der Waals surface area contributed by atoms with Gasteiger partial charge in [0.1, 0.15) is 0 Å². The van der Waals surface area contributed by atoms with Gasteiger partial charge in [-0.1, -0.05) is 24.3 Å². The lowest BCUT2D eigenvalue weighted by molar-refractivity contribution is -0.120. The molecule has 2 N–H and O–H groups in total. The highest BCUT2D eigenvalue weighted by molar-refractivity contribution is 5.94. The molecule has 0 saturated heterocycles. The molecule has 2 aromatic rings. The van der Waals surface area contributed by atoms with E-state index in [9.17, 15) is 4.79 Å². The number of hydrogen-bond donors (Lipinski definition) is 2. The van der Waals surface area contributed by atoms with Crippen molar-refractivity contribution >= 4 is 22.5 Å². The van der Waals surface area contributed by atoms with E-state index in [1.807, 2.05) is 52.0 Å². The van der Waals surface area contributed by atoms with Crippen molar-refractivity contribution in [1.29, 1.82) is 0 Å². The second-order valence-corrected chi connectivity index (χ2v) is 5.83. The van der Waals surface area contributed by atoms with Crippen LogP contribution in [0, 0.1) is 6.92 Å². The van der Waals surface area contributed by atoms with Crippen LogP contribution in [0.5, 0.6) is 0 Å². The molecule has 0 aliphatic carbocycles. The number of nitrogens with zero attached hydrogens (tertiary/aromatic N) is 2. The average Bonchev–Trinajstić information content (AvgIpc) is 2.36. The molecular weight excluding hydrogens is 252 g/mol. The summed E-state index contributed by atoms with van der Waals surface area (Å²) >= 11 is 0. The standard InChI is InChI=1S/C15H20N4O/c1-10-11-7-5-6-8-12(11)14(19-18-10)16-9-13(20)17-15(2,3)4/h5-8H,9H2,1-4H3,(H,16,19)(H,17,20). The maximum Gasteiger partial charge on any atom is 0.239 e. The second kappa shape index (κ2) is 5.45. The van der Waals surface area contributed by atoms with Crippen molar-refractivity contribution in [3.05, 3.63) is 30.0 Å². The first-order valence-corrected chi connectivity index (χ1v) is 6.64. The van der Waals surface area contributed by atoms with Gasteiger partial charge in [-0.05, 0) is 27.7 Å². The number of anilines is 1. The van der Waals surface area contributed by atoms with Crippen LogP contribution < -0.4 is 10.6 Å². The van der Waals surface area contributed by atoms with E-state index >= 15 is 0 Å². The predicted octanol–water partition coefficient (Wildman–Crippen LogP) is 2.26. The molecule has 0 bridgehead atoms. The van der Waals surface area contributed by atoms with Gasteiger partial charge in [-0.3, -0.25) is 4.79 Å². The van der Waals surface area contributed by atoms with E-state index in [-0.39, 0.29) is 18.0 Å². The summed E-state index contributed by atoms with van der Waals surface area (Å²) in [5, 5.41) is 16.2. The van der Waals surface area contributed by atoms with Gasteiger partial charge in [-0.25, -0.2) is 0 Å². The summed E-state index contributed by atoms with van der Waals surface area (Å²) in [6, 6.07) is 7.89. The molecular formula is C15H20N4O. The molecule has 5 heteroatoms. The molecule has 0 spiro atoms. The van der Waals surface area contributed by atoms with E-state index in [4.69, 9.17) is 0 Å². The highest BCUT2D eigenvalue weighted by Crippen LogP contribution is 2.21. The topological polar surface area (TPSA) is 66.9 Å². The zero-order valence-corrected chi connectivity index (χ0v) is 12.3. The first kappa shape index (κ1) is 14.2. The molecule has 0 aliphatic rings. The Kier molecular flexibility index (Phi) is 3.88. The van der Waals surface area contributed by atoms with Crippen LogP contribution in [0.1, 0.15) is 26.5 Å². The van der Waals surface area contributed by atoms with Gasteiger partial charge in [0.05, 0.1) is 12.2 Å². The summed E-state index contributed by atoms with van der Waals surface area (Å²) in [5.41, 5.74) is 0.644. The van der Waals surface area contributed by atoms with Crippen molar-refractivity contribution in [2.45, 2.75) is 33.2 Å². The Morgan fingerprint density at radius 1 is 1.15 bits per heavy atom. The van der Waals surface area contributed by atoms with Crippen LogP contribution in [0.3, 0.4) is 0 Å². The Bertz CT molecular complexity index is 631. The lowest BCUT2D eigenvalue weighted by atomic mass is 10.1. The molecule has 1 heterocycles. The van der Waals surface area contributed by atoms with Crippen LogP contribution in [0.4, 0.5) is 5.82 Å². The number of benzene rings is 1. The molecule has 0 unspecified atom stereocenters. The molecule has 20 heavy (non-hydrogen) atoms. The fourth-order valence-electron chi connectivity index (χ4n) is 1.99. The van der Waals surface area contributed by atoms with Gasteiger partial charge < -0.3 is 10.6 Å². The number of amides is 1. The van der Waals surface area contributed by atoms with E-state index < -0.39 is 0 Å². The van der Waals surface area contributed by atoms with Crippen molar-refractivity contribution < 1.29 is 4.79 Å². The van der Waals surface area contributed by atoms with Crippen LogP contribution >= 0.6 is 0 Å². The summed E-state index contributed by atoms with van der Waals surface area (Å²) in [6.45, 7) is 7.95. The summed E-state index contributed by atoms with van der Waals surface area (Å²) in [7, 11) is 0. The van der Waals surface area contributed by atoms with E-state index in [0.717, 1.165) is 16.5 Å². The zero-order valence-electron chi connectivity index (χ0n) is 12.3. The smallest absolute Gasteiger partial charge is 0.239 e. The predicted molar refractivity (Wildman–Crippen MR) is 80.7 cm³/mol. The molecule has 1 aromatic carbocycles. The molecule has 2 rings (SSSR count). The molecule has 106 valence electrons. The molecule has 5 nitrogen and oxygen atoms in total. The number of carbonyl (C=O) groups excluding carboxylic acids is 1. The third-order valence-electron chi connectivity index (χ3n) is 2.80. The minimum absolute atomic E-state index is 0.0658. The Labute approximate surface area is 118 Å². The fraction of sp³-hybridized carbons (Fsp3) is 0.400. The third-order valence-corrected chi connectivity index (χ3v) is 2.80. The molecule has 0 saturated carbocycles. The number of nitrogens with one attached hydrogen (secondary N) is 2. The zero-order chi connectivity index (χ0) is 14.8. The molecule has 0 aliphatic heterocycles. The highest BCUT2D eigenvalue weighted by Gasteiger charge is 2.14. The van der Waals surface area contributed by atoms with Gasteiger partial charge in [0.2, 0.25) is 5.91 Å². The number of fused-ring (bicyclic) bond motifs is 1. The second-order valence-electron chi connectivity index (χ2n) is 5.83. The summed E-state index contributed by atoms with van der Waals surface area (Å²) < 4.78 is 0. The van der Waals surface area contributed by atoms with Gasteiger partial charge in [0.25, 0.3) is 0 Å². The number of carbonyl (C=O) groups is 1. The van der Waals surface area contributed by atoms with E-state index in [2.05, 4.69) is 20.8 Å². The normalized spacial score (nSPS) is 11.4. The quantitative estimate of drug-likeness (QED) is 0.899.